The molecular formula is C17H24N8O2S2. The van der Waals surface area contributed by atoms with E-state index < -0.39 is 0 Å². The topological polar surface area (TPSA) is 113 Å². The number of amides is 1. The minimum atomic E-state index is -0.158. The Kier molecular flexibility index (Phi) is 7.20. The highest BCUT2D eigenvalue weighted by Gasteiger charge is 2.21. The van der Waals surface area contributed by atoms with Gasteiger partial charge in [-0.05, 0) is 27.2 Å². The Morgan fingerprint density at radius 2 is 2.00 bits per heavy atom. The van der Waals surface area contributed by atoms with Gasteiger partial charge in [-0.2, -0.15) is 0 Å². The fraction of sp³-hybridized carbons (Fsp3) is 0.529. The largest absolute Gasteiger partial charge is 0.476 e. The van der Waals surface area contributed by atoms with E-state index in [0.717, 1.165) is 23.5 Å². The number of rotatable bonds is 10. The molecule has 0 saturated carbocycles. The van der Waals surface area contributed by atoms with E-state index in [4.69, 9.17) is 4.74 Å². The second kappa shape index (κ2) is 9.83. The number of aryl methyl sites for hydroxylation is 2. The Hall–Kier alpha value is -2.47. The molecule has 0 aliphatic heterocycles. The van der Waals surface area contributed by atoms with Crippen molar-refractivity contribution in [3.05, 3.63) is 11.2 Å². The van der Waals surface area contributed by atoms with Gasteiger partial charge < -0.3 is 9.30 Å². The van der Waals surface area contributed by atoms with Gasteiger partial charge in [0.15, 0.2) is 11.0 Å². The number of carbonyl (C=O) groups is 1. The number of aromatic nitrogens is 7. The third-order valence-electron chi connectivity index (χ3n) is 3.95. The van der Waals surface area contributed by atoms with Gasteiger partial charge in [-0.1, -0.05) is 30.0 Å². The van der Waals surface area contributed by atoms with Crippen LogP contribution in [0.3, 0.4) is 0 Å². The van der Waals surface area contributed by atoms with E-state index in [1.807, 2.05) is 43.1 Å². The van der Waals surface area contributed by atoms with Gasteiger partial charge in [0.2, 0.25) is 16.9 Å². The minimum Gasteiger partial charge on any atom is -0.476 e. The highest BCUT2D eigenvalue weighted by Crippen LogP contribution is 2.30. The van der Waals surface area contributed by atoms with Gasteiger partial charge in [-0.15, -0.1) is 25.5 Å². The molecule has 10 nitrogen and oxygen atoms in total. The molecule has 29 heavy (non-hydrogen) atoms. The maximum Gasteiger partial charge on any atom is 0.243 e. The molecule has 0 spiro atoms. The number of nitrogens with one attached hydrogen (secondary N) is 1. The van der Waals surface area contributed by atoms with Crippen LogP contribution in [0.15, 0.2) is 11.4 Å². The van der Waals surface area contributed by atoms with Crippen molar-refractivity contribution in [2.24, 2.45) is 0 Å². The Morgan fingerprint density at radius 1 is 1.17 bits per heavy atom. The van der Waals surface area contributed by atoms with Gasteiger partial charge in [0.25, 0.3) is 0 Å². The summed E-state index contributed by atoms with van der Waals surface area (Å²) in [6, 6.07) is 0. The molecule has 3 aromatic rings. The molecule has 0 saturated heterocycles. The summed E-state index contributed by atoms with van der Waals surface area (Å²) in [6.07, 6.45) is 2.70. The fourth-order valence-electron chi connectivity index (χ4n) is 2.57. The Morgan fingerprint density at radius 3 is 2.66 bits per heavy atom. The quantitative estimate of drug-likeness (QED) is 0.483. The first kappa shape index (κ1) is 21.2. The van der Waals surface area contributed by atoms with Crippen LogP contribution in [0, 0.1) is 0 Å². The van der Waals surface area contributed by atoms with Crippen LogP contribution in [0.5, 0.6) is 5.88 Å². The average molecular weight is 437 g/mol. The van der Waals surface area contributed by atoms with E-state index in [0.29, 0.717) is 35.1 Å². The standard InChI is InChI=1S/C17H24N8O2S2/c1-5-13-19-21-16(29-13)18-12(26)10-28-17-22-20-14(25(17)7-3)11-9-24(6-2)23-15(11)27-8-4/h9H,5-8,10H2,1-4H3,(H,18,21,26). The van der Waals surface area contributed by atoms with Crippen LogP contribution in [-0.4, -0.2) is 53.0 Å². The Balaban J connectivity index is 1.72. The molecule has 0 bridgehead atoms. The number of carbonyl (C=O) groups excluding carboxylic acids is 1. The Bertz CT molecular complexity index is 965. The molecule has 0 aromatic carbocycles. The number of nitrogens with zero attached hydrogens (tertiary/aromatic N) is 7. The summed E-state index contributed by atoms with van der Waals surface area (Å²) in [5, 5.41) is 25.9. The van der Waals surface area contributed by atoms with E-state index in [1.54, 1.807) is 0 Å². The lowest BCUT2D eigenvalue weighted by Gasteiger charge is -2.07. The van der Waals surface area contributed by atoms with E-state index in [9.17, 15) is 4.79 Å². The number of hydrogen-bond acceptors (Lipinski definition) is 9. The van der Waals surface area contributed by atoms with Gasteiger partial charge in [-0.3, -0.25) is 14.8 Å². The second-order valence-corrected chi connectivity index (χ2v) is 7.88. The smallest absolute Gasteiger partial charge is 0.243 e. The first-order valence-electron chi connectivity index (χ1n) is 9.48. The first-order chi connectivity index (χ1) is 14.1. The third kappa shape index (κ3) is 4.93. The molecule has 0 atom stereocenters. The van der Waals surface area contributed by atoms with Crippen LogP contribution in [0.1, 0.15) is 32.7 Å². The molecule has 0 radical (unpaired) electrons. The molecule has 0 fully saturated rings. The van der Waals surface area contributed by atoms with Crippen molar-refractivity contribution in [1.29, 1.82) is 0 Å². The predicted molar refractivity (Wildman–Crippen MR) is 112 cm³/mol. The molecular weight excluding hydrogens is 412 g/mol. The maximum atomic E-state index is 12.3. The average Bonchev–Trinajstić information content (AvgIpc) is 3.44. The molecule has 0 aliphatic carbocycles. The van der Waals surface area contributed by atoms with Crippen molar-refractivity contribution < 1.29 is 9.53 Å². The van der Waals surface area contributed by atoms with Gasteiger partial charge in [-0.25, -0.2) is 0 Å². The van der Waals surface area contributed by atoms with Crippen LogP contribution in [0.2, 0.25) is 0 Å². The predicted octanol–water partition coefficient (Wildman–Crippen LogP) is 2.72. The Labute approximate surface area is 177 Å². The van der Waals surface area contributed by atoms with Crippen LogP contribution >= 0.6 is 23.1 Å². The van der Waals surface area contributed by atoms with Crippen LogP contribution in [0.25, 0.3) is 11.4 Å². The summed E-state index contributed by atoms with van der Waals surface area (Å²) in [7, 11) is 0. The summed E-state index contributed by atoms with van der Waals surface area (Å²) >= 11 is 2.71. The summed E-state index contributed by atoms with van der Waals surface area (Å²) in [6.45, 7) is 9.84. The van der Waals surface area contributed by atoms with Gasteiger partial charge >= 0.3 is 0 Å². The first-order valence-corrected chi connectivity index (χ1v) is 11.3. The zero-order valence-electron chi connectivity index (χ0n) is 16.9. The zero-order valence-corrected chi connectivity index (χ0v) is 18.5. The molecule has 0 aliphatic rings. The SMILES string of the molecule is CCOc1nn(CC)cc1-c1nnc(SCC(=O)Nc2nnc(CC)s2)n1CC. The third-order valence-corrected chi connectivity index (χ3v) is 5.90. The highest BCUT2D eigenvalue weighted by atomic mass is 32.2. The summed E-state index contributed by atoms with van der Waals surface area (Å²) in [5.74, 6) is 1.25. The van der Waals surface area contributed by atoms with E-state index in [-0.39, 0.29) is 11.7 Å². The van der Waals surface area contributed by atoms with Crippen molar-refractivity contribution in [2.45, 2.75) is 52.4 Å². The number of hydrogen-bond donors (Lipinski definition) is 1. The summed E-state index contributed by atoms with van der Waals surface area (Å²) < 4.78 is 9.43. The molecule has 12 heteroatoms. The zero-order chi connectivity index (χ0) is 20.8. The molecule has 1 N–H and O–H groups in total. The molecule has 3 heterocycles. The second-order valence-electron chi connectivity index (χ2n) is 5.88. The molecule has 156 valence electrons. The van der Waals surface area contributed by atoms with Gasteiger partial charge in [0.1, 0.15) is 10.6 Å². The van der Waals surface area contributed by atoms with Crippen molar-refractivity contribution >= 4 is 34.1 Å². The van der Waals surface area contributed by atoms with E-state index in [1.165, 1.54) is 23.1 Å². The monoisotopic (exact) mass is 436 g/mol. The van der Waals surface area contributed by atoms with Crippen molar-refractivity contribution in [1.82, 2.24) is 34.7 Å². The van der Waals surface area contributed by atoms with E-state index in [2.05, 4.69) is 30.8 Å². The fourth-order valence-corrected chi connectivity index (χ4v) is 4.07. The van der Waals surface area contributed by atoms with Gasteiger partial charge in [0.05, 0.1) is 12.4 Å². The summed E-state index contributed by atoms with van der Waals surface area (Å²) in [5.41, 5.74) is 0.792. The minimum absolute atomic E-state index is 0.158. The molecule has 1 amide bonds. The maximum absolute atomic E-state index is 12.3. The van der Waals surface area contributed by atoms with E-state index >= 15 is 0 Å². The lowest BCUT2D eigenvalue weighted by Crippen LogP contribution is -2.14. The van der Waals surface area contributed by atoms with Gasteiger partial charge in [0, 0.05) is 19.3 Å². The normalized spacial score (nSPS) is 11.0. The molecule has 3 aromatic heterocycles. The van der Waals surface area contributed by atoms with Crippen LogP contribution < -0.4 is 10.1 Å². The molecule has 0 unspecified atom stereocenters. The summed E-state index contributed by atoms with van der Waals surface area (Å²) in [4.78, 5) is 12.3. The highest BCUT2D eigenvalue weighted by molar-refractivity contribution is 7.99. The van der Waals surface area contributed by atoms with Crippen molar-refractivity contribution in [3.63, 3.8) is 0 Å². The number of ether oxygens (including phenoxy) is 1. The van der Waals surface area contributed by atoms with Crippen molar-refractivity contribution in [2.75, 3.05) is 17.7 Å². The number of anilines is 1. The van der Waals surface area contributed by atoms with Crippen LogP contribution in [0.4, 0.5) is 5.13 Å². The van der Waals surface area contributed by atoms with Crippen LogP contribution in [-0.2, 0) is 24.3 Å². The lowest BCUT2D eigenvalue weighted by atomic mass is 10.3. The molecule has 3 rings (SSSR count). The number of thioether (sulfide) groups is 1. The lowest BCUT2D eigenvalue weighted by molar-refractivity contribution is -0.113. The van der Waals surface area contributed by atoms with Crippen molar-refractivity contribution in [3.8, 4) is 17.3 Å².